The zero-order valence-electron chi connectivity index (χ0n) is 23.3. The number of nitrogen functional groups attached to an aromatic ring is 1. The summed E-state index contributed by atoms with van der Waals surface area (Å²) in [5.74, 6) is -0.648. The Labute approximate surface area is 234 Å². The molecule has 4 N–H and O–H groups in total. The monoisotopic (exact) mass is 555 g/mol. The van der Waals surface area contributed by atoms with Gasteiger partial charge in [-0.3, -0.25) is 19.2 Å². The average molecular weight is 556 g/mol. The zero-order chi connectivity index (χ0) is 28.3. The largest absolute Gasteiger partial charge is 0.481 e. The molecular formula is C28H41N7O5. The van der Waals surface area contributed by atoms with E-state index in [2.05, 4.69) is 31.7 Å². The Hall–Kier alpha value is -3.48. The summed E-state index contributed by atoms with van der Waals surface area (Å²) in [4.78, 5) is 40.2. The van der Waals surface area contributed by atoms with Gasteiger partial charge < -0.3 is 25.3 Å². The number of H-pyrrole nitrogens is 1. The molecule has 0 amide bonds. The maximum Gasteiger partial charge on any atom is 0.327 e. The topological polar surface area (TPSA) is 152 Å². The van der Waals surface area contributed by atoms with E-state index < -0.39 is 5.97 Å². The van der Waals surface area contributed by atoms with Crippen molar-refractivity contribution in [3.8, 4) is 6.01 Å². The SMILES string of the molecule is CCCCOc1nc(N)c2[nH]c(=O)n(CCCN(CCCN3CCOCC3)Cc3cccc(CC(=O)O)c3)c2n1. The van der Waals surface area contributed by atoms with Gasteiger partial charge in [0.1, 0.15) is 5.52 Å². The standard InChI is InChI=1S/C28H41N7O5/c1-2-3-15-40-27-31-25(29)24-26(32-27)35(28(38)30-24)12-6-11-34(10-5-9-33-13-16-39-17-14-33)20-22-8-4-7-21(18-22)19-23(36)37/h4,7-8,18H,2-3,5-6,9-17,19-20H2,1H3,(H,30,38)(H,36,37)(H2,29,31,32). The first kappa shape index (κ1) is 29.5. The summed E-state index contributed by atoms with van der Waals surface area (Å²) >= 11 is 0. The highest BCUT2D eigenvalue weighted by molar-refractivity contribution is 5.81. The first-order valence-electron chi connectivity index (χ1n) is 14.1. The van der Waals surface area contributed by atoms with Crippen molar-refractivity contribution in [2.45, 2.75) is 52.1 Å². The van der Waals surface area contributed by atoms with Crippen LogP contribution >= 0.6 is 0 Å². The van der Waals surface area contributed by atoms with E-state index in [1.807, 2.05) is 24.3 Å². The molecule has 1 aliphatic heterocycles. The van der Waals surface area contributed by atoms with Crippen molar-refractivity contribution in [3.63, 3.8) is 0 Å². The molecule has 2 aromatic heterocycles. The van der Waals surface area contributed by atoms with Crippen molar-refractivity contribution in [1.29, 1.82) is 0 Å². The van der Waals surface area contributed by atoms with Crippen molar-refractivity contribution in [3.05, 3.63) is 45.9 Å². The molecule has 1 aromatic carbocycles. The van der Waals surface area contributed by atoms with Gasteiger partial charge >= 0.3 is 17.7 Å². The minimum atomic E-state index is -0.841. The number of nitrogens with one attached hydrogen (secondary N) is 1. The van der Waals surface area contributed by atoms with E-state index >= 15 is 0 Å². The molecule has 218 valence electrons. The van der Waals surface area contributed by atoms with E-state index in [1.54, 1.807) is 4.57 Å². The second-order valence-corrected chi connectivity index (χ2v) is 10.2. The maximum absolute atomic E-state index is 12.8. The molecule has 3 aromatic rings. The first-order valence-corrected chi connectivity index (χ1v) is 14.1. The van der Waals surface area contributed by atoms with Gasteiger partial charge in [0.2, 0.25) is 0 Å². The van der Waals surface area contributed by atoms with Crippen molar-refractivity contribution in [2.75, 3.05) is 58.3 Å². The molecule has 1 aliphatic rings. The lowest BCUT2D eigenvalue weighted by molar-refractivity contribution is -0.136. The number of aromatic nitrogens is 4. The predicted molar refractivity (Wildman–Crippen MR) is 153 cm³/mol. The second kappa shape index (κ2) is 14.8. The molecule has 0 aliphatic carbocycles. The van der Waals surface area contributed by atoms with Crippen LogP contribution in [0, 0.1) is 0 Å². The van der Waals surface area contributed by atoms with Crippen LogP contribution in [0.15, 0.2) is 29.1 Å². The number of aliphatic carboxylic acids is 1. The van der Waals surface area contributed by atoms with Gasteiger partial charge in [0, 0.05) is 32.7 Å². The molecule has 3 heterocycles. The third-order valence-corrected chi connectivity index (χ3v) is 7.02. The van der Waals surface area contributed by atoms with Crippen LogP contribution in [0.1, 0.15) is 43.7 Å². The normalized spacial score (nSPS) is 14.2. The summed E-state index contributed by atoms with van der Waals surface area (Å²) in [5.41, 5.74) is 8.55. The van der Waals surface area contributed by atoms with Crippen LogP contribution in [0.5, 0.6) is 6.01 Å². The summed E-state index contributed by atoms with van der Waals surface area (Å²) < 4.78 is 12.7. The summed E-state index contributed by atoms with van der Waals surface area (Å²) in [6.45, 7) is 9.82. The molecule has 1 fully saturated rings. The molecule has 0 spiro atoms. The Morgan fingerprint density at radius 2 is 1.90 bits per heavy atom. The predicted octanol–water partition coefficient (Wildman–Crippen LogP) is 2.12. The van der Waals surface area contributed by atoms with Gasteiger partial charge in [-0.05, 0) is 43.5 Å². The van der Waals surface area contributed by atoms with Crippen LogP contribution < -0.4 is 16.2 Å². The van der Waals surface area contributed by atoms with E-state index in [-0.39, 0.29) is 23.9 Å². The number of imidazole rings is 1. The van der Waals surface area contributed by atoms with E-state index in [9.17, 15) is 14.7 Å². The number of carboxylic acid groups (broad SMARTS) is 1. The lowest BCUT2D eigenvalue weighted by atomic mass is 10.1. The van der Waals surface area contributed by atoms with E-state index in [1.165, 1.54) is 0 Å². The quantitative estimate of drug-likeness (QED) is 0.224. The van der Waals surface area contributed by atoms with Gasteiger partial charge in [0.25, 0.3) is 0 Å². The molecule has 0 saturated carbocycles. The molecule has 0 atom stereocenters. The summed E-state index contributed by atoms with van der Waals surface area (Å²) in [5, 5.41) is 9.19. The van der Waals surface area contributed by atoms with Crippen molar-refractivity contribution < 1.29 is 19.4 Å². The summed E-state index contributed by atoms with van der Waals surface area (Å²) in [7, 11) is 0. The second-order valence-electron chi connectivity index (χ2n) is 10.2. The van der Waals surface area contributed by atoms with Crippen molar-refractivity contribution in [2.24, 2.45) is 0 Å². The number of rotatable bonds is 16. The fourth-order valence-corrected chi connectivity index (χ4v) is 4.95. The van der Waals surface area contributed by atoms with Crippen molar-refractivity contribution in [1.82, 2.24) is 29.3 Å². The van der Waals surface area contributed by atoms with Crippen LogP contribution in [0.3, 0.4) is 0 Å². The minimum Gasteiger partial charge on any atom is -0.481 e. The highest BCUT2D eigenvalue weighted by Gasteiger charge is 2.16. The van der Waals surface area contributed by atoms with Gasteiger partial charge in [-0.15, -0.1) is 0 Å². The van der Waals surface area contributed by atoms with E-state index in [4.69, 9.17) is 15.2 Å². The number of anilines is 1. The number of hydrogen-bond acceptors (Lipinski definition) is 9. The number of carbonyl (C=O) groups is 1. The highest BCUT2D eigenvalue weighted by atomic mass is 16.5. The third-order valence-electron chi connectivity index (χ3n) is 7.02. The maximum atomic E-state index is 12.8. The van der Waals surface area contributed by atoms with Crippen LogP contribution in [-0.2, 0) is 29.0 Å². The van der Waals surface area contributed by atoms with E-state index in [0.717, 1.165) is 82.7 Å². The Balaban J connectivity index is 1.42. The van der Waals surface area contributed by atoms with Gasteiger partial charge in [0.15, 0.2) is 11.5 Å². The molecular weight excluding hydrogens is 514 g/mol. The van der Waals surface area contributed by atoms with Gasteiger partial charge in [-0.2, -0.15) is 9.97 Å². The van der Waals surface area contributed by atoms with Crippen LogP contribution in [0.25, 0.3) is 11.2 Å². The lowest BCUT2D eigenvalue weighted by Crippen LogP contribution is -2.38. The number of hydrogen-bond donors (Lipinski definition) is 3. The molecule has 4 rings (SSSR count). The number of nitrogens with zero attached hydrogens (tertiary/aromatic N) is 5. The summed E-state index contributed by atoms with van der Waals surface area (Å²) in [6.07, 6.45) is 3.59. The molecule has 1 saturated heterocycles. The number of unbranched alkanes of at least 4 members (excludes halogenated alkanes) is 1. The zero-order valence-corrected chi connectivity index (χ0v) is 23.3. The molecule has 0 unspecified atom stereocenters. The fourth-order valence-electron chi connectivity index (χ4n) is 4.95. The molecule has 0 bridgehead atoms. The number of aryl methyl sites for hydroxylation is 1. The molecule has 0 radical (unpaired) electrons. The Kier molecular flexibility index (Phi) is 10.9. The minimum absolute atomic E-state index is 0.00346. The van der Waals surface area contributed by atoms with Crippen LogP contribution in [0.2, 0.25) is 0 Å². The van der Waals surface area contributed by atoms with Crippen molar-refractivity contribution >= 4 is 23.0 Å². The van der Waals surface area contributed by atoms with Gasteiger partial charge in [0.05, 0.1) is 26.2 Å². The molecule has 12 nitrogen and oxygen atoms in total. The Morgan fingerprint density at radius 1 is 1.15 bits per heavy atom. The number of benzene rings is 1. The third kappa shape index (κ3) is 8.51. The van der Waals surface area contributed by atoms with Gasteiger partial charge in [-0.1, -0.05) is 37.6 Å². The Morgan fingerprint density at radius 3 is 2.65 bits per heavy atom. The fraction of sp³-hybridized carbons (Fsp3) is 0.571. The highest BCUT2D eigenvalue weighted by Crippen LogP contribution is 2.18. The Bertz CT molecular complexity index is 1300. The molecule has 12 heteroatoms. The first-order chi connectivity index (χ1) is 19.4. The molecule has 40 heavy (non-hydrogen) atoms. The number of ether oxygens (including phenoxy) is 2. The average Bonchev–Trinajstić information content (AvgIpc) is 3.24. The number of aromatic amines is 1. The smallest absolute Gasteiger partial charge is 0.327 e. The lowest BCUT2D eigenvalue weighted by Gasteiger charge is -2.28. The number of carboxylic acids is 1. The van der Waals surface area contributed by atoms with Crippen LogP contribution in [-0.4, -0.2) is 92.9 Å². The summed E-state index contributed by atoms with van der Waals surface area (Å²) in [6, 6.07) is 7.93. The van der Waals surface area contributed by atoms with E-state index in [0.29, 0.717) is 30.9 Å². The number of nitrogens with two attached hydrogens (primary N) is 1. The number of fused-ring (bicyclic) bond motifs is 1. The number of morpholine rings is 1. The van der Waals surface area contributed by atoms with Gasteiger partial charge in [-0.25, -0.2) is 4.79 Å². The van der Waals surface area contributed by atoms with Crippen LogP contribution in [0.4, 0.5) is 5.82 Å².